The summed E-state index contributed by atoms with van der Waals surface area (Å²) in [4.78, 5) is 11.7. The monoisotopic (exact) mass is 233 g/mol. The molecule has 0 aliphatic carbocycles. The number of ether oxygens (including phenoxy) is 1. The zero-order chi connectivity index (χ0) is 11.8. The molecule has 0 unspecified atom stereocenters. The van der Waals surface area contributed by atoms with E-state index < -0.39 is 0 Å². The Labute approximate surface area is 97.3 Å². The molecule has 0 aliphatic heterocycles. The largest absolute Gasteiger partial charge is 0.462 e. The molecule has 0 aliphatic rings. The summed E-state index contributed by atoms with van der Waals surface area (Å²) < 4.78 is 5.20. The zero-order valence-electron chi connectivity index (χ0n) is 10.4. The molecule has 0 aromatic rings. The first-order chi connectivity index (χ1) is 6.97. The molecule has 1 N–H and O–H groups in total. The lowest BCUT2D eigenvalue weighted by molar-refractivity contribution is -0.150. The molecule has 0 spiro atoms. The van der Waals surface area contributed by atoms with Gasteiger partial charge in [-0.25, -0.2) is 0 Å². The minimum Gasteiger partial charge on any atom is -0.462 e. The maximum absolute atomic E-state index is 11.7. The van der Waals surface area contributed by atoms with Crippen LogP contribution < -0.4 is 5.32 Å². The summed E-state index contributed by atoms with van der Waals surface area (Å²) in [5.74, 6) is 0.838. The lowest BCUT2D eigenvalue weighted by Crippen LogP contribution is -2.43. The summed E-state index contributed by atoms with van der Waals surface area (Å²) in [5, 5.41) is 3.23. The van der Waals surface area contributed by atoms with E-state index in [-0.39, 0.29) is 18.1 Å². The van der Waals surface area contributed by atoms with Gasteiger partial charge < -0.3 is 10.1 Å². The molecule has 0 radical (unpaired) electrons. The second-order valence-electron chi connectivity index (χ2n) is 4.14. The van der Waals surface area contributed by atoms with Crippen LogP contribution in [0.2, 0.25) is 0 Å². The van der Waals surface area contributed by atoms with E-state index >= 15 is 0 Å². The Morgan fingerprint density at radius 2 is 1.93 bits per heavy atom. The highest BCUT2D eigenvalue weighted by atomic mass is 32.2. The number of thioether (sulfide) groups is 1. The van der Waals surface area contributed by atoms with Crippen molar-refractivity contribution in [1.82, 2.24) is 5.32 Å². The van der Waals surface area contributed by atoms with Crippen molar-refractivity contribution in [3.8, 4) is 0 Å². The third-order valence-electron chi connectivity index (χ3n) is 1.78. The lowest BCUT2D eigenvalue weighted by Gasteiger charge is -2.20. The van der Waals surface area contributed by atoms with Gasteiger partial charge in [0.15, 0.2) is 0 Å². The number of rotatable bonds is 7. The van der Waals surface area contributed by atoms with Crippen LogP contribution in [0, 0.1) is 0 Å². The maximum Gasteiger partial charge on any atom is 0.323 e. The Hall–Kier alpha value is -0.220. The van der Waals surface area contributed by atoms with Gasteiger partial charge >= 0.3 is 5.97 Å². The molecule has 4 heteroatoms. The first-order valence-corrected chi connectivity index (χ1v) is 6.82. The molecule has 3 nitrogen and oxygen atoms in total. The summed E-state index contributed by atoms with van der Waals surface area (Å²) in [7, 11) is 0. The molecule has 0 amide bonds. The van der Waals surface area contributed by atoms with E-state index in [0.717, 1.165) is 12.2 Å². The number of esters is 1. The van der Waals surface area contributed by atoms with Crippen LogP contribution in [-0.4, -0.2) is 36.2 Å². The van der Waals surface area contributed by atoms with Crippen molar-refractivity contribution in [2.45, 2.75) is 52.3 Å². The number of nitrogens with one attached hydrogen (secondary N) is 1. The molecule has 0 saturated heterocycles. The van der Waals surface area contributed by atoms with Crippen LogP contribution in [0.5, 0.6) is 0 Å². The van der Waals surface area contributed by atoms with E-state index in [0.29, 0.717) is 6.04 Å². The number of carbonyl (C=O) groups is 1. The fraction of sp³-hybridized carbons (Fsp3) is 0.909. The topological polar surface area (TPSA) is 38.3 Å². The second kappa shape index (κ2) is 7.99. The Morgan fingerprint density at radius 1 is 1.33 bits per heavy atom. The summed E-state index contributed by atoms with van der Waals surface area (Å²) >= 11 is 1.75. The number of hydrogen-bond donors (Lipinski definition) is 1. The fourth-order valence-electron chi connectivity index (χ4n) is 1.22. The van der Waals surface area contributed by atoms with Gasteiger partial charge in [-0.15, -0.1) is 0 Å². The third-order valence-corrected chi connectivity index (χ3v) is 2.43. The van der Waals surface area contributed by atoms with Crippen LogP contribution in [-0.2, 0) is 9.53 Å². The predicted molar refractivity (Wildman–Crippen MR) is 66.3 cm³/mol. The van der Waals surface area contributed by atoms with Gasteiger partial charge in [0, 0.05) is 6.04 Å². The SMILES string of the molecule is CSCC[C@@H](NC(C)C)C(=O)OC(C)C. The van der Waals surface area contributed by atoms with Gasteiger partial charge in [0.1, 0.15) is 6.04 Å². The Bertz CT molecular complexity index is 183. The molecule has 0 aromatic heterocycles. The minimum atomic E-state index is -0.167. The van der Waals surface area contributed by atoms with Gasteiger partial charge in [-0.1, -0.05) is 13.8 Å². The van der Waals surface area contributed by atoms with Crippen LogP contribution in [0.4, 0.5) is 0 Å². The van der Waals surface area contributed by atoms with Crippen molar-refractivity contribution in [2.24, 2.45) is 0 Å². The maximum atomic E-state index is 11.7. The van der Waals surface area contributed by atoms with Crippen LogP contribution in [0.25, 0.3) is 0 Å². The first kappa shape index (κ1) is 14.8. The number of carbonyl (C=O) groups excluding carboxylic acids is 1. The average molecular weight is 233 g/mol. The van der Waals surface area contributed by atoms with Crippen LogP contribution in [0.15, 0.2) is 0 Å². The molecule has 1 atom stereocenters. The van der Waals surface area contributed by atoms with Crippen molar-refractivity contribution >= 4 is 17.7 Å². The lowest BCUT2D eigenvalue weighted by atomic mass is 10.2. The standard InChI is InChI=1S/C11H23NO2S/c1-8(2)12-10(6-7-15-5)11(13)14-9(3)4/h8-10,12H,6-7H2,1-5H3/t10-/m1/s1. The van der Waals surface area contributed by atoms with E-state index in [1.165, 1.54) is 0 Å². The molecular weight excluding hydrogens is 210 g/mol. The Balaban J connectivity index is 4.14. The summed E-state index contributed by atoms with van der Waals surface area (Å²) in [6.07, 6.45) is 2.83. The molecule has 0 heterocycles. The molecule has 0 bridgehead atoms. The van der Waals surface area contributed by atoms with Crippen molar-refractivity contribution in [1.29, 1.82) is 0 Å². The van der Waals surface area contributed by atoms with Crippen molar-refractivity contribution < 1.29 is 9.53 Å². The van der Waals surface area contributed by atoms with E-state index in [4.69, 9.17) is 4.74 Å². The highest BCUT2D eigenvalue weighted by Crippen LogP contribution is 2.05. The summed E-state index contributed by atoms with van der Waals surface area (Å²) in [5.41, 5.74) is 0. The van der Waals surface area contributed by atoms with Crippen LogP contribution in [0.1, 0.15) is 34.1 Å². The molecule has 0 fully saturated rings. The quantitative estimate of drug-likeness (QED) is 0.683. The van der Waals surface area contributed by atoms with E-state index in [1.807, 2.05) is 34.0 Å². The van der Waals surface area contributed by atoms with Gasteiger partial charge in [-0.3, -0.25) is 4.79 Å². The minimum absolute atomic E-state index is 0.0387. The number of hydrogen-bond acceptors (Lipinski definition) is 4. The van der Waals surface area contributed by atoms with Gasteiger partial charge in [0.05, 0.1) is 6.10 Å². The van der Waals surface area contributed by atoms with Gasteiger partial charge in [0.25, 0.3) is 0 Å². The fourth-order valence-corrected chi connectivity index (χ4v) is 1.69. The van der Waals surface area contributed by atoms with Crippen LogP contribution in [0.3, 0.4) is 0 Å². The molecule has 0 rings (SSSR count). The molecule has 15 heavy (non-hydrogen) atoms. The summed E-state index contributed by atoms with van der Waals surface area (Å²) in [6.45, 7) is 7.82. The Morgan fingerprint density at radius 3 is 2.33 bits per heavy atom. The Kier molecular flexibility index (Phi) is 7.88. The van der Waals surface area contributed by atoms with E-state index in [2.05, 4.69) is 5.32 Å². The molecule has 0 saturated carbocycles. The van der Waals surface area contributed by atoms with Gasteiger partial charge in [0.2, 0.25) is 0 Å². The summed E-state index contributed by atoms with van der Waals surface area (Å²) in [6, 6.07) is 0.136. The smallest absolute Gasteiger partial charge is 0.323 e. The van der Waals surface area contributed by atoms with E-state index in [1.54, 1.807) is 11.8 Å². The first-order valence-electron chi connectivity index (χ1n) is 5.42. The predicted octanol–water partition coefficient (Wildman–Crippen LogP) is 2.06. The average Bonchev–Trinajstić information content (AvgIpc) is 2.10. The highest BCUT2D eigenvalue weighted by Gasteiger charge is 2.20. The molecular formula is C11H23NO2S. The van der Waals surface area contributed by atoms with Crippen molar-refractivity contribution in [2.75, 3.05) is 12.0 Å². The van der Waals surface area contributed by atoms with Crippen molar-refractivity contribution in [3.63, 3.8) is 0 Å². The third kappa shape index (κ3) is 7.68. The van der Waals surface area contributed by atoms with Gasteiger partial charge in [-0.2, -0.15) is 11.8 Å². The zero-order valence-corrected chi connectivity index (χ0v) is 11.2. The van der Waals surface area contributed by atoms with Gasteiger partial charge in [-0.05, 0) is 32.3 Å². The van der Waals surface area contributed by atoms with Crippen molar-refractivity contribution in [3.05, 3.63) is 0 Å². The second-order valence-corrected chi connectivity index (χ2v) is 5.13. The molecule has 0 aromatic carbocycles. The molecule has 90 valence electrons. The highest BCUT2D eigenvalue weighted by molar-refractivity contribution is 7.98. The van der Waals surface area contributed by atoms with Crippen LogP contribution >= 0.6 is 11.8 Å². The normalized spacial score (nSPS) is 13.3. The van der Waals surface area contributed by atoms with E-state index in [9.17, 15) is 4.79 Å².